The van der Waals surface area contributed by atoms with Crippen LogP contribution in [0.15, 0.2) is 89.3 Å². The number of ether oxygens (including phenoxy) is 2. The fourth-order valence-corrected chi connectivity index (χ4v) is 5.33. The summed E-state index contributed by atoms with van der Waals surface area (Å²) in [5, 5.41) is 0. The highest BCUT2D eigenvalue weighted by Gasteiger charge is 2.25. The van der Waals surface area contributed by atoms with Gasteiger partial charge >= 0.3 is 0 Å². The molecule has 1 fully saturated rings. The molecule has 0 bridgehead atoms. The Morgan fingerprint density at radius 3 is 2.33 bits per heavy atom. The second kappa shape index (κ2) is 11.3. The molecule has 0 atom stereocenters. The molecule has 0 saturated carbocycles. The maximum Gasteiger partial charge on any atom is 0.289 e. The van der Waals surface area contributed by atoms with Crippen molar-refractivity contribution in [3.63, 3.8) is 0 Å². The van der Waals surface area contributed by atoms with Crippen LogP contribution in [0, 0.1) is 6.92 Å². The van der Waals surface area contributed by atoms with E-state index in [1.54, 1.807) is 0 Å². The van der Waals surface area contributed by atoms with Gasteiger partial charge in [0.2, 0.25) is 6.79 Å². The molecule has 200 valence electrons. The number of aryl methyl sites for hydroxylation is 1. The lowest BCUT2D eigenvalue weighted by Crippen LogP contribution is -2.48. The Labute approximate surface area is 229 Å². The molecule has 0 N–H and O–H groups in total. The third-order valence-corrected chi connectivity index (χ3v) is 7.37. The highest BCUT2D eigenvalue weighted by molar-refractivity contribution is 5.91. The zero-order valence-electron chi connectivity index (χ0n) is 22.2. The van der Waals surface area contributed by atoms with Gasteiger partial charge in [0.1, 0.15) is 5.76 Å². The van der Waals surface area contributed by atoms with Gasteiger partial charge in [-0.2, -0.15) is 0 Å². The van der Waals surface area contributed by atoms with Gasteiger partial charge in [-0.05, 0) is 53.9 Å². The molecule has 1 aromatic heterocycles. The number of anilines is 1. The predicted molar refractivity (Wildman–Crippen MR) is 150 cm³/mol. The van der Waals surface area contributed by atoms with Gasteiger partial charge in [-0.3, -0.25) is 9.69 Å². The maximum atomic E-state index is 13.3. The number of furan rings is 1. The van der Waals surface area contributed by atoms with E-state index in [0.29, 0.717) is 31.9 Å². The first kappa shape index (κ1) is 25.1. The molecule has 6 rings (SSSR count). The van der Waals surface area contributed by atoms with E-state index >= 15 is 0 Å². The van der Waals surface area contributed by atoms with Crippen LogP contribution >= 0.6 is 0 Å². The van der Waals surface area contributed by atoms with Crippen molar-refractivity contribution in [1.82, 2.24) is 9.80 Å². The second-order valence-electron chi connectivity index (χ2n) is 10.2. The number of para-hydroxylation sites is 1. The molecular weight excluding hydrogens is 490 g/mol. The Balaban J connectivity index is 1.12. The standard InChI is InChI=1S/C32H33N3O4/c1-24-7-5-6-10-28(24)34-15-17-35(18-16-34)32(36)30-14-12-27(39-30)22-33(20-25-8-3-2-4-9-25)21-26-11-13-29-31(19-26)38-23-37-29/h2-14,19H,15-18,20-23H2,1H3. The summed E-state index contributed by atoms with van der Waals surface area (Å²) >= 11 is 0. The topological polar surface area (TPSA) is 58.4 Å². The smallest absolute Gasteiger partial charge is 0.289 e. The molecule has 0 spiro atoms. The van der Waals surface area contributed by atoms with Crippen molar-refractivity contribution in [1.29, 1.82) is 0 Å². The number of piperazine rings is 1. The van der Waals surface area contributed by atoms with Crippen LogP contribution in [0.3, 0.4) is 0 Å². The molecular formula is C32H33N3O4. The maximum absolute atomic E-state index is 13.3. The summed E-state index contributed by atoms with van der Waals surface area (Å²) in [6.45, 7) is 7.39. The molecule has 0 radical (unpaired) electrons. The molecule has 2 aliphatic heterocycles. The van der Waals surface area contributed by atoms with Crippen LogP contribution in [0.1, 0.15) is 33.0 Å². The molecule has 0 unspecified atom stereocenters. The quantitative estimate of drug-likeness (QED) is 0.305. The third-order valence-electron chi connectivity index (χ3n) is 7.37. The van der Waals surface area contributed by atoms with Crippen molar-refractivity contribution in [2.45, 2.75) is 26.6 Å². The fraction of sp³-hybridized carbons (Fsp3) is 0.281. The zero-order valence-corrected chi connectivity index (χ0v) is 22.2. The molecule has 4 aromatic rings. The molecule has 7 heteroatoms. The van der Waals surface area contributed by atoms with Crippen molar-refractivity contribution < 1.29 is 18.7 Å². The summed E-state index contributed by atoms with van der Waals surface area (Å²) in [5.74, 6) is 2.68. The van der Waals surface area contributed by atoms with E-state index in [1.165, 1.54) is 16.8 Å². The molecule has 2 aliphatic rings. The van der Waals surface area contributed by atoms with Crippen LogP contribution in [0.25, 0.3) is 0 Å². The Kier molecular flexibility index (Phi) is 7.23. The normalized spacial score (nSPS) is 14.7. The van der Waals surface area contributed by atoms with Crippen LogP contribution < -0.4 is 14.4 Å². The van der Waals surface area contributed by atoms with E-state index in [9.17, 15) is 4.79 Å². The van der Waals surface area contributed by atoms with Gasteiger partial charge < -0.3 is 23.7 Å². The second-order valence-corrected chi connectivity index (χ2v) is 10.2. The van der Waals surface area contributed by atoms with Gasteiger partial charge in [0.25, 0.3) is 5.91 Å². The summed E-state index contributed by atoms with van der Waals surface area (Å²) in [4.78, 5) is 19.8. The first-order valence-electron chi connectivity index (χ1n) is 13.5. The van der Waals surface area contributed by atoms with Crippen LogP contribution in [0.5, 0.6) is 11.5 Å². The van der Waals surface area contributed by atoms with E-state index in [4.69, 9.17) is 13.9 Å². The lowest BCUT2D eigenvalue weighted by atomic mass is 10.1. The number of carbonyl (C=O) groups is 1. The predicted octanol–water partition coefficient (Wildman–Crippen LogP) is 5.48. The third kappa shape index (κ3) is 5.78. The van der Waals surface area contributed by atoms with Crippen LogP contribution in [0.4, 0.5) is 5.69 Å². The van der Waals surface area contributed by atoms with E-state index in [0.717, 1.165) is 42.5 Å². The van der Waals surface area contributed by atoms with Gasteiger partial charge in [0, 0.05) is 45.0 Å². The van der Waals surface area contributed by atoms with Crippen LogP contribution in [0.2, 0.25) is 0 Å². The summed E-state index contributed by atoms with van der Waals surface area (Å²) < 4.78 is 17.2. The summed E-state index contributed by atoms with van der Waals surface area (Å²) in [6.07, 6.45) is 0. The van der Waals surface area contributed by atoms with E-state index in [-0.39, 0.29) is 12.7 Å². The van der Waals surface area contributed by atoms with Crippen molar-refractivity contribution in [3.05, 3.63) is 113 Å². The number of hydrogen-bond acceptors (Lipinski definition) is 6. The Morgan fingerprint density at radius 1 is 0.769 bits per heavy atom. The minimum Gasteiger partial charge on any atom is -0.455 e. The van der Waals surface area contributed by atoms with E-state index < -0.39 is 0 Å². The van der Waals surface area contributed by atoms with Crippen molar-refractivity contribution in [3.8, 4) is 11.5 Å². The summed E-state index contributed by atoms with van der Waals surface area (Å²) in [6, 6.07) is 28.6. The summed E-state index contributed by atoms with van der Waals surface area (Å²) in [7, 11) is 0. The number of rotatable bonds is 8. The van der Waals surface area contributed by atoms with Gasteiger partial charge in [-0.15, -0.1) is 0 Å². The Hall–Kier alpha value is -4.23. The number of fused-ring (bicyclic) bond motifs is 1. The minimum atomic E-state index is -0.0453. The SMILES string of the molecule is Cc1ccccc1N1CCN(C(=O)c2ccc(CN(Cc3ccccc3)Cc3ccc4c(c3)OCO4)o2)CC1. The molecule has 0 aliphatic carbocycles. The minimum absolute atomic E-state index is 0.0453. The summed E-state index contributed by atoms with van der Waals surface area (Å²) in [5.41, 5.74) is 4.84. The lowest BCUT2D eigenvalue weighted by molar-refractivity contribution is 0.0710. The van der Waals surface area contributed by atoms with E-state index in [1.807, 2.05) is 35.2 Å². The van der Waals surface area contributed by atoms with Gasteiger partial charge in [-0.25, -0.2) is 0 Å². The average Bonchev–Trinajstić information content (AvgIpc) is 3.63. The number of amides is 1. The molecule has 1 saturated heterocycles. The molecule has 1 amide bonds. The van der Waals surface area contributed by atoms with Crippen molar-refractivity contribution >= 4 is 11.6 Å². The molecule has 3 heterocycles. The zero-order chi connectivity index (χ0) is 26.6. The first-order chi connectivity index (χ1) is 19.1. The van der Waals surface area contributed by atoms with Crippen molar-refractivity contribution in [2.24, 2.45) is 0 Å². The van der Waals surface area contributed by atoms with E-state index in [2.05, 4.69) is 71.3 Å². The monoisotopic (exact) mass is 523 g/mol. The number of benzene rings is 3. The number of carbonyl (C=O) groups excluding carboxylic acids is 1. The Morgan fingerprint density at radius 2 is 1.51 bits per heavy atom. The number of nitrogens with zero attached hydrogens (tertiary/aromatic N) is 3. The van der Waals surface area contributed by atoms with Gasteiger partial charge in [0.15, 0.2) is 17.3 Å². The van der Waals surface area contributed by atoms with Gasteiger partial charge in [-0.1, -0.05) is 54.6 Å². The van der Waals surface area contributed by atoms with Crippen LogP contribution in [-0.4, -0.2) is 48.7 Å². The van der Waals surface area contributed by atoms with Crippen molar-refractivity contribution in [2.75, 3.05) is 37.9 Å². The first-order valence-corrected chi connectivity index (χ1v) is 13.5. The fourth-order valence-electron chi connectivity index (χ4n) is 5.33. The number of hydrogen-bond donors (Lipinski definition) is 0. The average molecular weight is 524 g/mol. The lowest BCUT2D eigenvalue weighted by Gasteiger charge is -2.36. The molecule has 39 heavy (non-hydrogen) atoms. The van der Waals surface area contributed by atoms with Gasteiger partial charge in [0.05, 0.1) is 6.54 Å². The molecule has 3 aromatic carbocycles. The highest BCUT2D eigenvalue weighted by Crippen LogP contribution is 2.33. The van der Waals surface area contributed by atoms with Crippen LogP contribution in [-0.2, 0) is 19.6 Å². The Bertz CT molecular complexity index is 1430. The molecule has 7 nitrogen and oxygen atoms in total. The largest absolute Gasteiger partial charge is 0.455 e. The highest BCUT2D eigenvalue weighted by atomic mass is 16.7.